The Bertz CT molecular complexity index is 380. The number of nitrogens with zero attached hydrogens (tertiary/aromatic N) is 1. The van der Waals surface area contributed by atoms with Gasteiger partial charge < -0.3 is 5.11 Å². The Morgan fingerprint density at radius 3 is 2.47 bits per heavy atom. The van der Waals surface area contributed by atoms with Crippen LogP contribution in [0.25, 0.3) is 0 Å². The van der Waals surface area contributed by atoms with Gasteiger partial charge in [-0.2, -0.15) is 0 Å². The van der Waals surface area contributed by atoms with Crippen LogP contribution in [0.5, 0.6) is 0 Å². The van der Waals surface area contributed by atoms with Crippen LogP contribution in [-0.2, 0) is 9.59 Å². The lowest BCUT2D eigenvalue weighted by Crippen LogP contribution is -2.42. The summed E-state index contributed by atoms with van der Waals surface area (Å²) >= 11 is 0. The van der Waals surface area contributed by atoms with E-state index < -0.39 is 5.41 Å². The molecule has 2 aliphatic rings. The third-order valence-corrected chi connectivity index (χ3v) is 5.11. The maximum absolute atomic E-state index is 12.5. The summed E-state index contributed by atoms with van der Waals surface area (Å²) in [5.74, 6) is 0.102. The molecule has 0 aromatic rings. The summed E-state index contributed by atoms with van der Waals surface area (Å²) in [7, 11) is 0. The van der Waals surface area contributed by atoms with Crippen LogP contribution in [0.1, 0.15) is 52.9 Å². The predicted octanol–water partition coefficient (Wildman–Crippen LogP) is 1.96. The average molecular weight is 267 g/mol. The first kappa shape index (κ1) is 14.5. The van der Waals surface area contributed by atoms with Crippen molar-refractivity contribution in [3.63, 3.8) is 0 Å². The van der Waals surface area contributed by atoms with E-state index >= 15 is 0 Å². The lowest BCUT2D eigenvalue weighted by molar-refractivity contribution is -0.143. The standard InChI is InChI=1S/C15H25NO3/c1-10(2)15(3)8-13(18)16(14(15)19)9-11-6-4-5-7-12(11)17/h10-12,17H,4-9H2,1-3H3. The van der Waals surface area contributed by atoms with Crippen molar-refractivity contribution >= 4 is 11.8 Å². The molecule has 2 fully saturated rings. The van der Waals surface area contributed by atoms with Crippen LogP contribution in [-0.4, -0.2) is 34.5 Å². The summed E-state index contributed by atoms with van der Waals surface area (Å²) in [6, 6.07) is 0. The van der Waals surface area contributed by atoms with E-state index in [-0.39, 0.29) is 29.8 Å². The number of carbonyl (C=O) groups is 2. The van der Waals surface area contributed by atoms with Crippen molar-refractivity contribution in [3.8, 4) is 0 Å². The molecule has 1 aliphatic carbocycles. The minimum atomic E-state index is -0.559. The third kappa shape index (κ3) is 2.55. The van der Waals surface area contributed by atoms with Gasteiger partial charge in [0.2, 0.25) is 11.8 Å². The fourth-order valence-corrected chi connectivity index (χ4v) is 3.18. The van der Waals surface area contributed by atoms with E-state index in [2.05, 4.69) is 0 Å². The van der Waals surface area contributed by atoms with Gasteiger partial charge in [0.15, 0.2) is 0 Å². The number of hydrogen-bond acceptors (Lipinski definition) is 3. The summed E-state index contributed by atoms with van der Waals surface area (Å²) in [6.45, 7) is 6.27. The summed E-state index contributed by atoms with van der Waals surface area (Å²) in [4.78, 5) is 26.0. The molecule has 2 rings (SSSR count). The van der Waals surface area contributed by atoms with Gasteiger partial charge in [0.25, 0.3) is 0 Å². The number of hydrogen-bond donors (Lipinski definition) is 1. The molecule has 1 heterocycles. The lowest BCUT2D eigenvalue weighted by atomic mass is 9.77. The van der Waals surface area contributed by atoms with Gasteiger partial charge in [-0.3, -0.25) is 14.5 Å². The molecule has 1 N–H and O–H groups in total. The molecule has 2 amide bonds. The average Bonchev–Trinajstić information content (AvgIpc) is 2.57. The molecule has 4 nitrogen and oxygen atoms in total. The number of aliphatic hydroxyl groups excluding tert-OH is 1. The molecule has 1 saturated heterocycles. The van der Waals surface area contributed by atoms with E-state index in [1.165, 1.54) is 4.90 Å². The van der Waals surface area contributed by atoms with Crippen LogP contribution in [0.4, 0.5) is 0 Å². The van der Waals surface area contributed by atoms with Crippen molar-refractivity contribution in [2.75, 3.05) is 6.54 Å². The lowest BCUT2D eigenvalue weighted by Gasteiger charge is -2.31. The highest BCUT2D eigenvalue weighted by atomic mass is 16.3. The highest BCUT2D eigenvalue weighted by molar-refractivity contribution is 6.05. The van der Waals surface area contributed by atoms with Crippen LogP contribution < -0.4 is 0 Å². The normalized spacial score (nSPS) is 36.4. The van der Waals surface area contributed by atoms with Gasteiger partial charge >= 0.3 is 0 Å². The number of carbonyl (C=O) groups excluding carboxylic acids is 2. The van der Waals surface area contributed by atoms with Crippen LogP contribution in [0.15, 0.2) is 0 Å². The SMILES string of the molecule is CC(C)C1(C)CC(=O)N(CC2CCCCC2O)C1=O. The number of rotatable bonds is 3. The number of likely N-dealkylation sites (tertiary alicyclic amines) is 1. The van der Waals surface area contributed by atoms with Gasteiger partial charge in [-0.05, 0) is 25.7 Å². The van der Waals surface area contributed by atoms with E-state index in [0.717, 1.165) is 25.7 Å². The first-order valence-electron chi connectivity index (χ1n) is 7.39. The quantitative estimate of drug-likeness (QED) is 0.795. The molecule has 108 valence electrons. The first-order chi connectivity index (χ1) is 8.86. The fourth-order valence-electron chi connectivity index (χ4n) is 3.18. The first-order valence-corrected chi connectivity index (χ1v) is 7.39. The van der Waals surface area contributed by atoms with Gasteiger partial charge in [0.05, 0.1) is 11.5 Å². The van der Waals surface area contributed by atoms with Crippen molar-refractivity contribution in [3.05, 3.63) is 0 Å². The van der Waals surface area contributed by atoms with E-state index in [1.807, 2.05) is 20.8 Å². The second-order valence-electron chi connectivity index (χ2n) is 6.67. The fraction of sp³-hybridized carbons (Fsp3) is 0.867. The van der Waals surface area contributed by atoms with E-state index in [9.17, 15) is 14.7 Å². The molecule has 0 aromatic heterocycles. The molecular formula is C15H25NO3. The molecule has 19 heavy (non-hydrogen) atoms. The summed E-state index contributed by atoms with van der Waals surface area (Å²) in [5, 5.41) is 9.99. The van der Waals surface area contributed by atoms with Crippen molar-refractivity contribution in [1.82, 2.24) is 4.90 Å². The molecule has 0 bridgehead atoms. The van der Waals surface area contributed by atoms with Crippen LogP contribution >= 0.6 is 0 Å². The second kappa shape index (κ2) is 5.23. The summed E-state index contributed by atoms with van der Waals surface area (Å²) < 4.78 is 0. The van der Waals surface area contributed by atoms with E-state index in [1.54, 1.807) is 0 Å². The van der Waals surface area contributed by atoms with E-state index in [4.69, 9.17) is 0 Å². The molecule has 3 unspecified atom stereocenters. The predicted molar refractivity (Wildman–Crippen MR) is 72.2 cm³/mol. The van der Waals surface area contributed by atoms with E-state index in [0.29, 0.717) is 13.0 Å². The Hall–Kier alpha value is -0.900. The zero-order valence-corrected chi connectivity index (χ0v) is 12.2. The summed E-state index contributed by atoms with van der Waals surface area (Å²) in [6.07, 6.45) is 3.79. The molecule has 1 aliphatic heterocycles. The smallest absolute Gasteiger partial charge is 0.235 e. The van der Waals surface area contributed by atoms with Crippen molar-refractivity contribution in [2.24, 2.45) is 17.3 Å². The van der Waals surface area contributed by atoms with Gasteiger partial charge in [-0.1, -0.05) is 26.7 Å². The summed E-state index contributed by atoms with van der Waals surface area (Å²) in [5.41, 5.74) is -0.559. The number of aliphatic hydroxyl groups is 1. The second-order valence-corrected chi connectivity index (χ2v) is 6.67. The topological polar surface area (TPSA) is 57.6 Å². The van der Waals surface area contributed by atoms with Crippen LogP contribution in [0, 0.1) is 17.3 Å². The van der Waals surface area contributed by atoms with Crippen LogP contribution in [0.2, 0.25) is 0 Å². The van der Waals surface area contributed by atoms with Gasteiger partial charge in [-0.15, -0.1) is 0 Å². The highest BCUT2D eigenvalue weighted by Crippen LogP contribution is 2.40. The van der Waals surface area contributed by atoms with Gasteiger partial charge in [0.1, 0.15) is 0 Å². The van der Waals surface area contributed by atoms with Crippen molar-refractivity contribution in [1.29, 1.82) is 0 Å². The third-order valence-electron chi connectivity index (χ3n) is 5.11. The Morgan fingerprint density at radius 2 is 1.95 bits per heavy atom. The largest absolute Gasteiger partial charge is 0.393 e. The molecule has 0 radical (unpaired) electrons. The Kier molecular flexibility index (Phi) is 4.00. The Morgan fingerprint density at radius 1 is 1.32 bits per heavy atom. The zero-order valence-electron chi connectivity index (χ0n) is 12.2. The minimum absolute atomic E-state index is 0.0507. The van der Waals surface area contributed by atoms with Gasteiger partial charge in [-0.25, -0.2) is 0 Å². The molecule has 0 spiro atoms. The number of imide groups is 1. The maximum Gasteiger partial charge on any atom is 0.235 e. The highest BCUT2D eigenvalue weighted by Gasteiger charge is 2.50. The molecule has 3 atom stereocenters. The van der Waals surface area contributed by atoms with Gasteiger partial charge in [0, 0.05) is 18.9 Å². The van der Waals surface area contributed by atoms with Crippen molar-refractivity contribution in [2.45, 2.75) is 59.0 Å². The van der Waals surface area contributed by atoms with Crippen LogP contribution in [0.3, 0.4) is 0 Å². The Labute approximate surface area is 115 Å². The Balaban J connectivity index is 2.08. The van der Waals surface area contributed by atoms with Crippen molar-refractivity contribution < 1.29 is 14.7 Å². The number of amides is 2. The minimum Gasteiger partial charge on any atom is -0.393 e. The monoisotopic (exact) mass is 267 g/mol. The maximum atomic E-state index is 12.5. The molecular weight excluding hydrogens is 242 g/mol. The zero-order chi connectivity index (χ0) is 14.2. The molecule has 0 aromatic carbocycles. The molecule has 1 saturated carbocycles. The molecule has 4 heteroatoms.